The summed E-state index contributed by atoms with van der Waals surface area (Å²) >= 11 is 3.54. The molecule has 0 aliphatic heterocycles. The Morgan fingerprint density at radius 3 is 2.32 bits per heavy atom. The van der Waals surface area contributed by atoms with Crippen LogP contribution in [0.4, 0.5) is 5.69 Å². The molecule has 140 valence electrons. The van der Waals surface area contributed by atoms with Crippen molar-refractivity contribution >= 4 is 42.5 Å². The quantitative estimate of drug-likeness (QED) is 0.431. The van der Waals surface area contributed by atoms with Gasteiger partial charge >= 0.3 is 0 Å². The lowest BCUT2D eigenvalue weighted by molar-refractivity contribution is 0.607. The Hall–Kier alpha value is -2.70. The first-order chi connectivity index (χ1) is 13.4. The molecule has 6 heteroatoms. The van der Waals surface area contributed by atoms with Gasteiger partial charge in [0, 0.05) is 15.4 Å². The van der Waals surface area contributed by atoms with Gasteiger partial charge in [-0.2, -0.15) is 0 Å². The van der Waals surface area contributed by atoms with Crippen LogP contribution in [0.2, 0.25) is 0 Å². The summed E-state index contributed by atoms with van der Waals surface area (Å²) in [5.41, 5.74) is 4.90. The lowest BCUT2D eigenvalue weighted by atomic mass is 9.98. The number of hydrogen-bond donors (Lipinski definition) is 1. The van der Waals surface area contributed by atoms with Crippen LogP contribution in [0.3, 0.4) is 0 Å². The van der Waals surface area contributed by atoms with Crippen molar-refractivity contribution in [1.29, 1.82) is 0 Å². The Bertz CT molecular complexity index is 1270. The molecule has 4 aromatic rings. The van der Waals surface area contributed by atoms with Gasteiger partial charge in [-0.3, -0.25) is 4.72 Å². The summed E-state index contributed by atoms with van der Waals surface area (Å²) in [6, 6.07) is 25.3. The average Bonchev–Trinajstić information content (AvgIpc) is 2.67. The van der Waals surface area contributed by atoms with Crippen LogP contribution >= 0.6 is 15.9 Å². The molecule has 4 nitrogen and oxygen atoms in total. The molecule has 0 radical (unpaired) electrons. The zero-order valence-corrected chi connectivity index (χ0v) is 17.5. The molecule has 4 rings (SSSR count). The zero-order valence-electron chi connectivity index (χ0n) is 15.1. The maximum absolute atomic E-state index is 11.8. The largest absolute Gasteiger partial charge is 0.283 e. The smallest absolute Gasteiger partial charge is 0.229 e. The van der Waals surface area contributed by atoms with E-state index in [0.29, 0.717) is 11.4 Å². The van der Waals surface area contributed by atoms with E-state index < -0.39 is 10.0 Å². The van der Waals surface area contributed by atoms with E-state index >= 15 is 0 Å². The first-order valence-electron chi connectivity index (χ1n) is 8.64. The number of hydrogen-bond acceptors (Lipinski definition) is 3. The Balaban J connectivity index is 1.99. The molecule has 0 bridgehead atoms. The van der Waals surface area contributed by atoms with Crippen LogP contribution in [0.15, 0.2) is 83.3 Å². The number of anilines is 1. The van der Waals surface area contributed by atoms with E-state index in [2.05, 4.69) is 38.9 Å². The lowest BCUT2D eigenvalue weighted by Gasteiger charge is -2.14. The molecule has 0 aliphatic rings. The van der Waals surface area contributed by atoms with Crippen molar-refractivity contribution in [3.63, 3.8) is 0 Å². The third kappa shape index (κ3) is 3.93. The van der Waals surface area contributed by atoms with Gasteiger partial charge in [-0.25, -0.2) is 13.4 Å². The van der Waals surface area contributed by atoms with Gasteiger partial charge in [-0.15, -0.1) is 0 Å². The Labute approximate surface area is 172 Å². The number of rotatable bonds is 4. The minimum atomic E-state index is -3.40. The van der Waals surface area contributed by atoms with Crippen molar-refractivity contribution in [3.05, 3.63) is 83.3 Å². The monoisotopic (exact) mass is 452 g/mol. The Kier molecular flexibility index (Phi) is 4.91. The van der Waals surface area contributed by atoms with Crippen LogP contribution in [0, 0.1) is 0 Å². The molecule has 0 saturated heterocycles. The second kappa shape index (κ2) is 7.37. The number of halogens is 1. The number of para-hydroxylation sites is 1. The van der Waals surface area contributed by atoms with E-state index in [1.165, 1.54) is 0 Å². The van der Waals surface area contributed by atoms with Crippen LogP contribution < -0.4 is 4.72 Å². The molecule has 1 heterocycles. The van der Waals surface area contributed by atoms with Crippen LogP contribution in [0.1, 0.15) is 0 Å². The van der Waals surface area contributed by atoms with Gasteiger partial charge in [0.1, 0.15) is 0 Å². The van der Waals surface area contributed by atoms with E-state index in [1.807, 2.05) is 48.5 Å². The number of nitrogens with zero attached hydrogens (tertiary/aromatic N) is 1. The summed E-state index contributed by atoms with van der Waals surface area (Å²) in [5.74, 6) is 0. The molecule has 0 atom stereocenters. The first kappa shape index (κ1) is 18.7. The molecule has 1 N–H and O–H groups in total. The van der Waals surface area contributed by atoms with Gasteiger partial charge in [0.2, 0.25) is 10.0 Å². The van der Waals surface area contributed by atoms with Crippen LogP contribution in [0.5, 0.6) is 0 Å². The number of pyridine rings is 1. The number of sulfonamides is 1. The van der Waals surface area contributed by atoms with Gasteiger partial charge in [0.15, 0.2) is 0 Å². The fourth-order valence-corrected chi connectivity index (χ4v) is 4.13. The van der Waals surface area contributed by atoms with E-state index in [0.717, 1.165) is 38.3 Å². The van der Waals surface area contributed by atoms with Gasteiger partial charge in [-0.1, -0.05) is 64.5 Å². The van der Waals surface area contributed by atoms with Gasteiger partial charge < -0.3 is 0 Å². The van der Waals surface area contributed by atoms with Crippen molar-refractivity contribution in [2.75, 3.05) is 11.0 Å². The SMILES string of the molecule is CS(=O)(=O)Nc1ccccc1-c1cc(-c2ccccc2)c2cc(Br)ccc2n1. The number of benzene rings is 3. The fraction of sp³-hybridized carbons (Fsp3) is 0.0455. The van der Waals surface area contributed by atoms with E-state index in [4.69, 9.17) is 4.98 Å². The third-order valence-corrected chi connectivity index (χ3v) is 5.44. The van der Waals surface area contributed by atoms with Crippen molar-refractivity contribution < 1.29 is 8.42 Å². The maximum atomic E-state index is 11.8. The Morgan fingerprint density at radius 1 is 0.857 bits per heavy atom. The molecule has 0 spiro atoms. The predicted octanol–water partition coefficient (Wildman–Crippen LogP) is 5.70. The van der Waals surface area contributed by atoms with E-state index in [1.54, 1.807) is 12.1 Å². The number of fused-ring (bicyclic) bond motifs is 1. The molecule has 0 aliphatic carbocycles. The summed E-state index contributed by atoms with van der Waals surface area (Å²) in [6.07, 6.45) is 1.14. The second-order valence-electron chi connectivity index (χ2n) is 6.50. The maximum Gasteiger partial charge on any atom is 0.229 e. The van der Waals surface area contributed by atoms with Crippen LogP contribution in [0.25, 0.3) is 33.3 Å². The van der Waals surface area contributed by atoms with Gasteiger partial charge in [-0.05, 0) is 41.5 Å². The average molecular weight is 453 g/mol. The molecular weight excluding hydrogens is 436 g/mol. The van der Waals surface area contributed by atoms with Crippen LogP contribution in [-0.2, 0) is 10.0 Å². The van der Waals surface area contributed by atoms with E-state index in [-0.39, 0.29) is 0 Å². The third-order valence-electron chi connectivity index (χ3n) is 4.35. The minimum absolute atomic E-state index is 0.507. The van der Waals surface area contributed by atoms with Crippen molar-refractivity contribution in [2.45, 2.75) is 0 Å². The van der Waals surface area contributed by atoms with Crippen LogP contribution in [-0.4, -0.2) is 19.7 Å². The number of nitrogens with one attached hydrogen (secondary N) is 1. The summed E-state index contributed by atoms with van der Waals surface area (Å²) < 4.78 is 27.1. The highest BCUT2D eigenvalue weighted by atomic mass is 79.9. The Morgan fingerprint density at radius 2 is 1.57 bits per heavy atom. The predicted molar refractivity (Wildman–Crippen MR) is 119 cm³/mol. The van der Waals surface area contributed by atoms with Gasteiger partial charge in [0.05, 0.1) is 23.2 Å². The van der Waals surface area contributed by atoms with Crippen molar-refractivity contribution in [2.24, 2.45) is 0 Å². The second-order valence-corrected chi connectivity index (χ2v) is 9.17. The minimum Gasteiger partial charge on any atom is -0.283 e. The molecular formula is C22H17BrN2O2S. The number of aromatic nitrogens is 1. The highest BCUT2D eigenvalue weighted by Gasteiger charge is 2.14. The molecule has 1 aromatic heterocycles. The molecule has 3 aromatic carbocycles. The normalized spacial score (nSPS) is 11.5. The van der Waals surface area contributed by atoms with Crippen molar-refractivity contribution in [1.82, 2.24) is 4.98 Å². The van der Waals surface area contributed by atoms with Crippen molar-refractivity contribution in [3.8, 4) is 22.4 Å². The standard InChI is InChI=1S/C22H17BrN2O2S/c1-28(26,27)25-21-10-6-5-9-17(21)22-14-18(15-7-3-2-4-8-15)19-13-16(23)11-12-20(19)24-22/h2-14,25H,1H3. The highest BCUT2D eigenvalue weighted by Crippen LogP contribution is 2.35. The summed E-state index contributed by atoms with van der Waals surface area (Å²) in [6.45, 7) is 0. The zero-order chi connectivity index (χ0) is 19.7. The van der Waals surface area contributed by atoms with Gasteiger partial charge in [0.25, 0.3) is 0 Å². The summed E-state index contributed by atoms with van der Waals surface area (Å²) in [7, 11) is -3.40. The lowest BCUT2D eigenvalue weighted by Crippen LogP contribution is -2.10. The molecule has 28 heavy (non-hydrogen) atoms. The first-order valence-corrected chi connectivity index (χ1v) is 11.3. The molecule has 0 amide bonds. The molecule has 0 fully saturated rings. The summed E-state index contributed by atoms with van der Waals surface area (Å²) in [4.78, 5) is 4.81. The topological polar surface area (TPSA) is 59.1 Å². The molecule has 0 saturated carbocycles. The highest BCUT2D eigenvalue weighted by molar-refractivity contribution is 9.10. The van der Waals surface area contributed by atoms with E-state index in [9.17, 15) is 8.42 Å². The summed E-state index contributed by atoms with van der Waals surface area (Å²) in [5, 5.41) is 1.03. The fourth-order valence-electron chi connectivity index (χ4n) is 3.19. The molecule has 0 unspecified atom stereocenters.